The number of hydroxylamine groups is 1. The van der Waals surface area contributed by atoms with Gasteiger partial charge in [-0.05, 0) is 55.3 Å². The number of halogens is 1. The zero-order valence-electron chi connectivity index (χ0n) is 14.0. The lowest BCUT2D eigenvalue weighted by Crippen LogP contribution is -2.57. The van der Waals surface area contributed by atoms with E-state index >= 15 is 0 Å². The Bertz CT molecular complexity index is 654. The molecule has 0 radical (unpaired) electrons. The Labute approximate surface area is 141 Å². The van der Waals surface area contributed by atoms with Gasteiger partial charge in [-0.1, -0.05) is 0 Å². The lowest BCUT2D eigenvalue weighted by molar-refractivity contribution is -0.0504. The molecule has 130 valence electrons. The first-order valence-electron chi connectivity index (χ1n) is 8.71. The summed E-state index contributed by atoms with van der Waals surface area (Å²) in [6, 6.07) is 2.93. The van der Waals surface area contributed by atoms with Gasteiger partial charge in [-0.3, -0.25) is 14.9 Å². The molecule has 3 fully saturated rings. The van der Waals surface area contributed by atoms with Crippen molar-refractivity contribution in [1.29, 1.82) is 0 Å². The standard InChI is InChI=1S/C18H24FN3O2/c1-21-7-13-5-14(8-21)15(13)9-22-3-2-11-4-12(18(23)20-24)6-17(19)16(11)10-22/h4,6,13-15,24H,2-3,5,7-10H2,1H3,(H,20,23). The number of carbonyl (C=O) groups is 1. The van der Waals surface area contributed by atoms with Crippen molar-refractivity contribution in [2.24, 2.45) is 17.8 Å². The van der Waals surface area contributed by atoms with E-state index in [1.807, 2.05) is 0 Å². The minimum atomic E-state index is -0.662. The predicted molar refractivity (Wildman–Crippen MR) is 87.2 cm³/mol. The second-order valence-electron chi connectivity index (χ2n) is 7.66. The van der Waals surface area contributed by atoms with Gasteiger partial charge in [-0.15, -0.1) is 0 Å². The van der Waals surface area contributed by atoms with Crippen LogP contribution in [0.1, 0.15) is 27.9 Å². The molecule has 24 heavy (non-hydrogen) atoms. The van der Waals surface area contributed by atoms with E-state index in [9.17, 15) is 9.18 Å². The molecule has 3 aliphatic heterocycles. The van der Waals surface area contributed by atoms with E-state index in [1.165, 1.54) is 25.6 Å². The molecule has 2 saturated heterocycles. The van der Waals surface area contributed by atoms with Crippen molar-refractivity contribution in [3.8, 4) is 0 Å². The maximum Gasteiger partial charge on any atom is 0.274 e. The third-order valence-electron chi connectivity index (χ3n) is 6.11. The minimum absolute atomic E-state index is 0.179. The first-order chi connectivity index (χ1) is 11.5. The molecule has 1 amide bonds. The molecule has 5 rings (SSSR count). The Morgan fingerprint density at radius 3 is 2.83 bits per heavy atom. The van der Waals surface area contributed by atoms with Crippen LogP contribution in [0.5, 0.6) is 0 Å². The second kappa shape index (κ2) is 6.10. The van der Waals surface area contributed by atoms with Crippen LogP contribution in [0, 0.1) is 23.6 Å². The molecule has 0 spiro atoms. The highest BCUT2D eigenvalue weighted by atomic mass is 19.1. The Balaban J connectivity index is 1.45. The monoisotopic (exact) mass is 333 g/mol. The quantitative estimate of drug-likeness (QED) is 0.650. The van der Waals surface area contributed by atoms with E-state index in [0.717, 1.165) is 42.8 Å². The van der Waals surface area contributed by atoms with Crippen LogP contribution in [0.2, 0.25) is 0 Å². The number of piperidine rings is 2. The summed E-state index contributed by atoms with van der Waals surface area (Å²) in [6.45, 7) is 4.97. The molecule has 2 bridgehead atoms. The zero-order valence-corrected chi connectivity index (χ0v) is 14.0. The SMILES string of the molecule is CN1CC2CC(C1)C2CN1CCc2cc(C(=O)NO)cc(F)c2C1. The van der Waals surface area contributed by atoms with E-state index in [1.54, 1.807) is 11.5 Å². The van der Waals surface area contributed by atoms with Gasteiger partial charge < -0.3 is 4.90 Å². The molecule has 1 aromatic rings. The molecule has 0 aromatic heterocycles. The highest BCUT2D eigenvalue weighted by molar-refractivity contribution is 5.93. The maximum absolute atomic E-state index is 14.4. The molecule has 5 nitrogen and oxygen atoms in total. The van der Waals surface area contributed by atoms with Crippen LogP contribution in [0.15, 0.2) is 12.1 Å². The number of benzene rings is 1. The molecular formula is C18H24FN3O2. The van der Waals surface area contributed by atoms with E-state index in [4.69, 9.17) is 5.21 Å². The van der Waals surface area contributed by atoms with Crippen molar-refractivity contribution in [1.82, 2.24) is 15.3 Å². The zero-order chi connectivity index (χ0) is 16.8. The maximum atomic E-state index is 14.4. The van der Waals surface area contributed by atoms with Crippen LogP contribution >= 0.6 is 0 Å². The highest BCUT2D eigenvalue weighted by Gasteiger charge is 2.46. The Kier molecular flexibility index (Phi) is 4.06. The van der Waals surface area contributed by atoms with Gasteiger partial charge in [-0.2, -0.15) is 0 Å². The highest BCUT2D eigenvalue weighted by Crippen LogP contribution is 2.45. The van der Waals surface area contributed by atoms with Gasteiger partial charge in [0.15, 0.2) is 0 Å². The summed E-state index contributed by atoms with van der Waals surface area (Å²) in [4.78, 5) is 16.3. The van der Waals surface area contributed by atoms with Crippen molar-refractivity contribution in [2.45, 2.75) is 19.4 Å². The third kappa shape index (κ3) is 2.72. The average Bonchev–Trinajstić information content (AvgIpc) is 2.58. The molecule has 1 aromatic carbocycles. The smallest absolute Gasteiger partial charge is 0.274 e. The number of fused-ring (bicyclic) bond motifs is 3. The van der Waals surface area contributed by atoms with Gasteiger partial charge in [0.1, 0.15) is 5.82 Å². The number of rotatable bonds is 3. The summed E-state index contributed by atoms with van der Waals surface area (Å²) in [5, 5.41) is 8.72. The van der Waals surface area contributed by atoms with Crippen molar-refractivity contribution in [3.05, 3.63) is 34.6 Å². The molecule has 2 unspecified atom stereocenters. The molecule has 3 heterocycles. The Hall–Kier alpha value is -1.50. The van der Waals surface area contributed by atoms with Gasteiger partial charge in [-0.25, -0.2) is 9.87 Å². The van der Waals surface area contributed by atoms with Gasteiger partial charge in [0.25, 0.3) is 5.91 Å². The normalized spacial score (nSPS) is 29.7. The fraction of sp³-hybridized carbons (Fsp3) is 0.611. The summed E-state index contributed by atoms with van der Waals surface area (Å²) in [5.74, 6) is 1.35. The van der Waals surface area contributed by atoms with Crippen LogP contribution in [0.4, 0.5) is 4.39 Å². The fourth-order valence-corrected chi connectivity index (χ4v) is 4.85. The Morgan fingerprint density at radius 2 is 2.12 bits per heavy atom. The van der Waals surface area contributed by atoms with Crippen LogP contribution in [0.3, 0.4) is 0 Å². The predicted octanol–water partition coefficient (Wildman–Crippen LogP) is 1.50. The second-order valence-corrected chi connectivity index (χ2v) is 7.66. The van der Waals surface area contributed by atoms with Gasteiger partial charge in [0.05, 0.1) is 0 Å². The summed E-state index contributed by atoms with van der Waals surface area (Å²) in [6.07, 6.45) is 2.11. The van der Waals surface area contributed by atoms with Crippen molar-refractivity contribution in [3.63, 3.8) is 0 Å². The summed E-state index contributed by atoms with van der Waals surface area (Å²) >= 11 is 0. The number of hydrogen-bond donors (Lipinski definition) is 2. The van der Waals surface area contributed by atoms with Gasteiger partial charge in [0.2, 0.25) is 0 Å². The Morgan fingerprint density at radius 1 is 1.38 bits per heavy atom. The van der Waals surface area contributed by atoms with Crippen molar-refractivity contribution >= 4 is 5.91 Å². The first kappa shape index (κ1) is 16.0. The van der Waals surface area contributed by atoms with Crippen molar-refractivity contribution in [2.75, 3.05) is 33.2 Å². The molecular weight excluding hydrogens is 309 g/mol. The number of hydrogen-bond acceptors (Lipinski definition) is 4. The average molecular weight is 333 g/mol. The largest absolute Gasteiger partial charge is 0.306 e. The van der Waals surface area contributed by atoms with Crippen LogP contribution in [-0.2, 0) is 13.0 Å². The molecule has 2 atom stereocenters. The fourth-order valence-electron chi connectivity index (χ4n) is 4.85. The van der Waals surface area contributed by atoms with Gasteiger partial charge in [0, 0.05) is 43.9 Å². The molecule has 1 aliphatic carbocycles. The number of nitrogens with zero attached hydrogens (tertiary/aromatic N) is 2. The molecule has 2 N–H and O–H groups in total. The van der Waals surface area contributed by atoms with Crippen LogP contribution in [-0.4, -0.2) is 54.1 Å². The van der Waals surface area contributed by atoms with Crippen LogP contribution in [0.25, 0.3) is 0 Å². The minimum Gasteiger partial charge on any atom is -0.306 e. The van der Waals surface area contributed by atoms with E-state index < -0.39 is 5.91 Å². The molecule has 4 aliphatic rings. The lowest BCUT2D eigenvalue weighted by atomic mass is 9.61. The van der Waals surface area contributed by atoms with Crippen LogP contribution < -0.4 is 5.48 Å². The number of nitrogens with one attached hydrogen (secondary N) is 1. The first-order valence-corrected chi connectivity index (χ1v) is 8.71. The van der Waals surface area contributed by atoms with E-state index in [-0.39, 0.29) is 11.4 Å². The summed E-state index contributed by atoms with van der Waals surface area (Å²) < 4.78 is 14.4. The molecule has 1 saturated carbocycles. The molecule has 6 heteroatoms. The lowest BCUT2D eigenvalue weighted by Gasteiger charge is -2.54. The number of carbonyl (C=O) groups excluding carboxylic acids is 1. The summed E-state index contributed by atoms with van der Waals surface area (Å²) in [7, 11) is 2.20. The van der Waals surface area contributed by atoms with E-state index in [0.29, 0.717) is 12.1 Å². The van der Waals surface area contributed by atoms with Gasteiger partial charge >= 0.3 is 0 Å². The third-order valence-corrected chi connectivity index (χ3v) is 6.11. The summed E-state index contributed by atoms with van der Waals surface area (Å²) in [5.41, 5.74) is 3.34. The van der Waals surface area contributed by atoms with Crippen molar-refractivity contribution < 1.29 is 14.4 Å². The topological polar surface area (TPSA) is 55.8 Å². The van der Waals surface area contributed by atoms with E-state index in [2.05, 4.69) is 16.8 Å². The number of amides is 1.